The third-order valence-electron chi connectivity index (χ3n) is 8.47. The largest absolute Gasteiger partial charge is 0.493 e. The molecule has 11 nitrogen and oxygen atoms in total. The molecule has 16 heteroatoms. The van der Waals surface area contributed by atoms with E-state index in [0.717, 1.165) is 28.8 Å². The number of aryl methyl sites for hydroxylation is 1. The van der Waals surface area contributed by atoms with E-state index in [1.165, 1.54) is 32.0 Å². The number of fused-ring (bicyclic) bond motifs is 1. The van der Waals surface area contributed by atoms with Crippen LogP contribution in [0.15, 0.2) is 66.7 Å². The van der Waals surface area contributed by atoms with Crippen molar-refractivity contribution >= 4 is 41.0 Å². The summed E-state index contributed by atoms with van der Waals surface area (Å²) in [6, 6.07) is 15.4. The maximum absolute atomic E-state index is 15.2. The van der Waals surface area contributed by atoms with Crippen LogP contribution < -0.4 is 20.0 Å². The lowest BCUT2D eigenvalue weighted by Crippen LogP contribution is -2.48. The molecule has 0 saturated carbocycles. The van der Waals surface area contributed by atoms with Crippen LogP contribution in [0.4, 0.5) is 49.9 Å². The van der Waals surface area contributed by atoms with E-state index in [4.69, 9.17) is 9.97 Å². The van der Waals surface area contributed by atoms with Crippen LogP contribution >= 0.6 is 0 Å². The molecular weight excluding hydrogens is 677 g/mol. The fraction of sp³-hybridized carbons (Fsp3) is 0.286. The quantitative estimate of drug-likeness (QED) is 0.184. The van der Waals surface area contributed by atoms with Gasteiger partial charge in [-0.25, -0.2) is 28.3 Å². The molecule has 6 rings (SSSR count). The number of hydrogen-bond donors (Lipinski definition) is 1. The molecule has 51 heavy (non-hydrogen) atoms. The summed E-state index contributed by atoms with van der Waals surface area (Å²) in [6.45, 7) is 6.35. The summed E-state index contributed by atoms with van der Waals surface area (Å²) in [4.78, 5) is 57.4. The predicted octanol–water partition coefficient (Wildman–Crippen LogP) is 6.29. The van der Waals surface area contributed by atoms with Crippen molar-refractivity contribution in [3.8, 4) is 11.3 Å². The number of nitrogens with zero attached hydrogens (tertiary/aromatic N) is 6. The molecule has 0 bridgehead atoms. The molecule has 1 aromatic heterocycles. The Labute approximate surface area is 289 Å². The minimum absolute atomic E-state index is 0.0905. The average molecular weight is 710 g/mol. The van der Waals surface area contributed by atoms with E-state index in [1.807, 2.05) is 35.2 Å². The van der Waals surface area contributed by atoms with Crippen LogP contribution in [0, 0.1) is 18.6 Å². The minimum atomic E-state index is -5.34. The van der Waals surface area contributed by atoms with Gasteiger partial charge in [-0.3, -0.25) is 4.79 Å². The van der Waals surface area contributed by atoms with Gasteiger partial charge in [0.1, 0.15) is 17.3 Å². The van der Waals surface area contributed by atoms with Crippen LogP contribution in [-0.4, -0.2) is 71.3 Å². The summed E-state index contributed by atoms with van der Waals surface area (Å²) in [5.41, 5.74) is 1.59. The molecule has 2 aliphatic heterocycles. The molecule has 3 aromatic carbocycles. The summed E-state index contributed by atoms with van der Waals surface area (Å²) in [5.74, 6) is -5.56. The average Bonchev–Trinajstić information content (AvgIpc) is 3.10. The third-order valence-corrected chi connectivity index (χ3v) is 8.47. The van der Waals surface area contributed by atoms with Gasteiger partial charge >= 0.3 is 18.2 Å². The van der Waals surface area contributed by atoms with Crippen molar-refractivity contribution in [2.45, 2.75) is 39.5 Å². The number of anilines is 4. The smallest absolute Gasteiger partial charge is 0.368 e. The van der Waals surface area contributed by atoms with Gasteiger partial charge in [-0.15, -0.1) is 0 Å². The topological polar surface area (TPSA) is 111 Å². The molecule has 266 valence electrons. The number of para-hydroxylation sites is 2. The number of carbonyl (C=O) groups excluding carboxylic acids is 3. The first kappa shape index (κ1) is 35.0. The zero-order valence-corrected chi connectivity index (χ0v) is 27.7. The SMILES string of the molecule is Cc1ccc(C(=O)N(OC(=O)C(F)(F)F)C(C)C)cc1-c1nc(N2CCN(c3ccccc3)CC2)nc2c1CNC(=O)N2c1c(F)cccc1F. The fourth-order valence-corrected chi connectivity index (χ4v) is 5.89. The van der Waals surface area contributed by atoms with Gasteiger partial charge in [0, 0.05) is 48.6 Å². The van der Waals surface area contributed by atoms with Gasteiger partial charge in [-0.2, -0.15) is 23.2 Å². The highest BCUT2D eigenvalue weighted by molar-refractivity contribution is 6.02. The second-order valence-corrected chi connectivity index (χ2v) is 12.2. The number of hydroxylamine groups is 2. The van der Waals surface area contributed by atoms with Crippen LogP contribution in [0.3, 0.4) is 0 Å². The summed E-state index contributed by atoms with van der Waals surface area (Å²) in [7, 11) is 0. The lowest BCUT2D eigenvalue weighted by atomic mass is 9.97. The van der Waals surface area contributed by atoms with Crippen LogP contribution in [0.5, 0.6) is 0 Å². The summed E-state index contributed by atoms with van der Waals surface area (Å²) in [6.07, 6.45) is -5.34. The van der Waals surface area contributed by atoms with Crippen LogP contribution in [-0.2, 0) is 16.2 Å². The van der Waals surface area contributed by atoms with Crippen LogP contribution in [0.25, 0.3) is 11.3 Å². The van der Waals surface area contributed by atoms with Crippen molar-refractivity contribution < 1.29 is 41.2 Å². The van der Waals surface area contributed by atoms with Crippen molar-refractivity contribution in [3.05, 3.63) is 95.1 Å². The van der Waals surface area contributed by atoms with Gasteiger partial charge in [0.2, 0.25) is 5.95 Å². The highest BCUT2D eigenvalue weighted by atomic mass is 19.4. The zero-order valence-electron chi connectivity index (χ0n) is 27.7. The number of amides is 3. The Morgan fingerprint density at radius 3 is 2.18 bits per heavy atom. The first-order chi connectivity index (χ1) is 24.2. The Kier molecular flexibility index (Phi) is 9.51. The van der Waals surface area contributed by atoms with Crippen molar-refractivity contribution in [1.82, 2.24) is 20.3 Å². The summed E-state index contributed by atoms with van der Waals surface area (Å²) < 4.78 is 69.6. The van der Waals surface area contributed by atoms with Crippen LogP contribution in [0.2, 0.25) is 0 Å². The number of nitrogens with one attached hydrogen (secondary N) is 1. The molecule has 4 aromatic rings. The van der Waals surface area contributed by atoms with E-state index in [9.17, 15) is 27.6 Å². The van der Waals surface area contributed by atoms with E-state index in [0.29, 0.717) is 42.4 Å². The van der Waals surface area contributed by atoms with Gasteiger partial charge < -0.3 is 20.0 Å². The number of urea groups is 1. The standard InChI is InChI=1S/C35H32F5N7O4/c1-20(2)47(51-32(49)35(38,39)40)31(48)22-13-12-21(3)24(18-22)28-25-19-41-34(50)46(29-26(36)10-7-11-27(29)37)30(25)43-33(42-28)45-16-14-44(15-17-45)23-8-5-4-6-9-23/h4-13,18,20H,14-17,19H2,1-3H3,(H,41,50). The van der Waals surface area contributed by atoms with Crippen molar-refractivity contribution in [3.63, 3.8) is 0 Å². The molecular formula is C35H32F5N7O4. The van der Waals surface area contributed by atoms with Crippen molar-refractivity contribution in [2.75, 3.05) is 40.9 Å². The highest BCUT2D eigenvalue weighted by Gasteiger charge is 2.44. The fourth-order valence-electron chi connectivity index (χ4n) is 5.89. The number of alkyl halides is 3. The first-order valence-electron chi connectivity index (χ1n) is 16.0. The normalized spacial score (nSPS) is 14.7. The minimum Gasteiger partial charge on any atom is -0.368 e. The molecule has 0 spiro atoms. The third kappa shape index (κ3) is 6.98. The Morgan fingerprint density at radius 2 is 1.55 bits per heavy atom. The summed E-state index contributed by atoms with van der Waals surface area (Å²) in [5, 5.41) is 2.95. The molecule has 1 N–H and O–H groups in total. The maximum atomic E-state index is 15.2. The number of halogens is 5. The maximum Gasteiger partial charge on any atom is 0.493 e. The Morgan fingerprint density at radius 1 is 0.902 bits per heavy atom. The molecule has 2 aliphatic rings. The van der Waals surface area contributed by atoms with Gasteiger partial charge in [0.25, 0.3) is 5.91 Å². The highest BCUT2D eigenvalue weighted by Crippen LogP contribution is 2.40. The number of benzene rings is 3. The molecule has 0 unspecified atom stereocenters. The van der Waals surface area contributed by atoms with Crippen molar-refractivity contribution in [2.24, 2.45) is 0 Å². The van der Waals surface area contributed by atoms with Crippen LogP contribution in [0.1, 0.15) is 35.3 Å². The molecule has 1 saturated heterocycles. The first-order valence-corrected chi connectivity index (χ1v) is 16.0. The Hall–Kier alpha value is -5.80. The van der Waals surface area contributed by atoms with E-state index < -0.39 is 47.4 Å². The van der Waals surface area contributed by atoms with Gasteiger partial charge in [-0.1, -0.05) is 30.3 Å². The van der Waals surface area contributed by atoms with E-state index in [2.05, 4.69) is 15.1 Å². The number of piperazine rings is 1. The second kappa shape index (κ2) is 13.8. The van der Waals surface area contributed by atoms with Gasteiger partial charge in [-0.05, 0) is 62.7 Å². The van der Waals surface area contributed by atoms with E-state index in [-0.39, 0.29) is 35.1 Å². The molecule has 1 fully saturated rings. The number of aromatic nitrogens is 2. The zero-order chi connectivity index (χ0) is 36.6. The summed E-state index contributed by atoms with van der Waals surface area (Å²) >= 11 is 0. The lowest BCUT2D eigenvalue weighted by Gasteiger charge is -2.37. The molecule has 3 heterocycles. The number of hydrogen-bond acceptors (Lipinski definition) is 8. The second-order valence-electron chi connectivity index (χ2n) is 12.2. The number of carbonyl (C=O) groups is 3. The monoisotopic (exact) mass is 709 g/mol. The van der Waals surface area contributed by atoms with E-state index >= 15 is 8.78 Å². The lowest BCUT2D eigenvalue weighted by molar-refractivity contribution is -0.232. The number of rotatable bonds is 6. The Balaban J connectivity index is 1.47. The van der Waals surface area contributed by atoms with Gasteiger partial charge in [0.05, 0.1) is 18.3 Å². The molecule has 3 amide bonds. The van der Waals surface area contributed by atoms with E-state index in [1.54, 1.807) is 6.92 Å². The molecule has 0 atom stereocenters. The Bertz CT molecular complexity index is 1970. The predicted molar refractivity (Wildman–Crippen MR) is 177 cm³/mol. The molecule has 0 radical (unpaired) electrons. The van der Waals surface area contributed by atoms with Crippen molar-refractivity contribution in [1.29, 1.82) is 0 Å². The van der Waals surface area contributed by atoms with Gasteiger partial charge in [0.15, 0.2) is 5.82 Å². The molecule has 0 aliphatic carbocycles.